The van der Waals surface area contributed by atoms with Gasteiger partial charge in [-0.25, -0.2) is 0 Å². The summed E-state index contributed by atoms with van der Waals surface area (Å²) in [6.45, 7) is 2.12. The zero-order valence-corrected chi connectivity index (χ0v) is 17.9. The molecule has 2 N–H and O–H groups in total. The number of halogens is 2. The number of hydrogen-bond acceptors (Lipinski definition) is 4. The zero-order chi connectivity index (χ0) is 20.4. The summed E-state index contributed by atoms with van der Waals surface area (Å²) in [5.74, 6) is 1.02. The van der Waals surface area contributed by atoms with Crippen LogP contribution >= 0.6 is 35.0 Å². The summed E-state index contributed by atoms with van der Waals surface area (Å²) in [6, 6.07) is 17.0. The quantitative estimate of drug-likeness (QED) is 0.446. The van der Waals surface area contributed by atoms with Crippen molar-refractivity contribution in [2.24, 2.45) is 0 Å². The normalized spacial score (nSPS) is 17.6. The first-order valence-corrected chi connectivity index (χ1v) is 10.8. The summed E-state index contributed by atoms with van der Waals surface area (Å²) in [5.41, 5.74) is 2.70. The number of nitrogens with one attached hydrogen (secondary N) is 2. The van der Waals surface area contributed by atoms with E-state index in [-0.39, 0.29) is 11.4 Å². The van der Waals surface area contributed by atoms with Gasteiger partial charge in [0.05, 0.1) is 9.93 Å². The van der Waals surface area contributed by atoms with Crippen LogP contribution in [0.3, 0.4) is 0 Å². The standard InChI is InChI=1S/C22H18Cl2N2O2S/c1-2-13-3-6-15(7-4-13)25-22-26-21(27)20(29-22)12-16-8-10-19(28-16)17-11-14(23)5-9-18(17)24/h3-12,22,25H,2H2,1H3,(H,26,27)/b20-12-/t22-/m0/s1. The molecule has 1 atom stereocenters. The van der Waals surface area contributed by atoms with Crippen LogP contribution in [0.15, 0.2) is 63.9 Å². The van der Waals surface area contributed by atoms with Crippen molar-refractivity contribution < 1.29 is 9.21 Å². The minimum atomic E-state index is -0.238. The van der Waals surface area contributed by atoms with Gasteiger partial charge in [0.25, 0.3) is 5.91 Å². The molecule has 0 aliphatic carbocycles. The van der Waals surface area contributed by atoms with Gasteiger partial charge in [-0.15, -0.1) is 0 Å². The third-order valence-electron chi connectivity index (χ3n) is 4.48. The number of carbonyl (C=O) groups excluding carboxylic acids is 1. The number of anilines is 1. The first kappa shape index (κ1) is 20.0. The van der Waals surface area contributed by atoms with Gasteiger partial charge in [0.1, 0.15) is 11.5 Å². The molecule has 1 saturated heterocycles. The fraction of sp³-hybridized carbons (Fsp3) is 0.136. The Morgan fingerprint density at radius 1 is 1.14 bits per heavy atom. The van der Waals surface area contributed by atoms with Gasteiger partial charge < -0.3 is 15.1 Å². The summed E-state index contributed by atoms with van der Waals surface area (Å²) in [4.78, 5) is 12.9. The molecule has 4 rings (SSSR count). The highest BCUT2D eigenvalue weighted by Crippen LogP contribution is 2.34. The summed E-state index contributed by atoms with van der Waals surface area (Å²) in [5, 5.41) is 7.36. The average molecular weight is 445 g/mol. The predicted molar refractivity (Wildman–Crippen MR) is 121 cm³/mol. The molecular weight excluding hydrogens is 427 g/mol. The van der Waals surface area contributed by atoms with E-state index in [1.165, 1.54) is 17.3 Å². The van der Waals surface area contributed by atoms with Gasteiger partial charge in [-0.05, 0) is 54.4 Å². The maximum atomic E-state index is 12.3. The van der Waals surface area contributed by atoms with E-state index in [9.17, 15) is 4.79 Å². The van der Waals surface area contributed by atoms with Crippen LogP contribution in [0.1, 0.15) is 18.2 Å². The lowest BCUT2D eigenvalue weighted by Crippen LogP contribution is -2.30. The SMILES string of the molecule is CCc1ccc(N[C@H]2NC(=O)/C(=C/c3ccc(-c4cc(Cl)ccc4Cl)o3)S2)cc1. The largest absolute Gasteiger partial charge is 0.457 e. The molecule has 0 radical (unpaired) electrons. The highest BCUT2D eigenvalue weighted by Gasteiger charge is 2.27. The zero-order valence-electron chi connectivity index (χ0n) is 15.5. The molecule has 1 amide bonds. The Bertz CT molecular complexity index is 1080. The van der Waals surface area contributed by atoms with Crippen molar-refractivity contribution in [3.8, 4) is 11.3 Å². The molecule has 1 aliphatic heterocycles. The number of thioether (sulfide) groups is 1. The molecule has 2 heterocycles. The maximum absolute atomic E-state index is 12.3. The van der Waals surface area contributed by atoms with Crippen molar-refractivity contribution in [2.75, 3.05) is 5.32 Å². The van der Waals surface area contributed by atoms with Crippen molar-refractivity contribution in [3.63, 3.8) is 0 Å². The van der Waals surface area contributed by atoms with Crippen LogP contribution in [0.2, 0.25) is 10.0 Å². The van der Waals surface area contributed by atoms with Crippen molar-refractivity contribution in [2.45, 2.75) is 18.8 Å². The second kappa shape index (κ2) is 8.57. The topological polar surface area (TPSA) is 54.3 Å². The molecule has 0 spiro atoms. The number of amides is 1. The second-order valence-corrected chi connectivity index (χ2v) is 8.49. The van der Waals surface area contributed by atoms with E-state index in [0.717, 1.165) is 12.1 Å². The van der Waals surface area contributed by atoms with Crippen LogP contribution in [-0.4, -0.2) is 11.4 Å². The number of rotatable bonds is 5. The van der Waals surface area contributed by atoms with Crippen molar-refractivity contribution >= 4 is 52.6 Å². The molecule has 7 heteroatoms. The lowest BCUT2D eigenvalue weighted by molar-refractivity contribution is -0.116. The van der Waals surface area contributed by atoms with Crippen molar-refractivity contribution in [1.82, 2.24) is 5.32 Å². The first-order valence-electron chi connectivity index (χ1n) is 9.12. The molecule has 148 valence electrons. The van der Waals surface area contributed by atoms with Gasteiger partial charge in [-0.3, -0.25) is 4.79 Å². The Kier molecular flexibility index (Phi) is 5.90. The Morgan fingerprint density at radius 2 is 1.93 bits per heavy atom. The Morgan fingerprint density at radius 3 is 2.69 bits per heavy atom. The third-order valence-corrected chi connectivity index (χ3v) is 6.08. The van der Waals surface area contributed by atoms with Crippen LogP contribution in [0.4, 0.5) is 5.69 Å². The molecule has 1 fully saturated rings. The van der Waals surface area contributed by atoms with Crippen molar-refractivity contribution in [3.05, 3.63) is 80.9 Å². The second-order valence-electron chi connectivity index (χ2n) is 6.50. The molecule has 29 heavy (non-hydrogen) atoms. The fourth-order valence-corrected chi connectivity index (χ4v) is 4.29. The van der Waals surface area contributed by atoms with E-state index in [2.05, 4.69) is 29.7 Å². The van der Waals surface area contributed by atoms with E-state index < -0.39 is 0 Å². The number of carbonyl (C=O) groups is 1. The van der Waals surface area contributed by atoms with Gasteiger partial charge in [0, 0.05) is 22.3 Å². The van der Waals surface area contributed by atoms with Crippen LogP contribution in [0.5, 0.6) is 0 Å². The lowest BCUT2D eigenvalue weighted by atomic mass is 10.1. The van der Waals surface area contributed by atoms with Crippen LogP contribution in [0.25, 0.3) is 17.4 Å². The number of hydrogen-bond donors (Lipinski definition) is 2. The van der Waals surface area contributed by atoms with Crippen LogP contribution < -0.4 is 10.6 Å². The highest BCUT2D eigenvalue weighted by molar-refractivity contribution is 8.05. The molecule has 1 aliphatic rings. The molecule has 1 aromatic heterocycles. The highest BCUT2D eigenvalue weighted by atomic mass is 35.5. The van der Waals surface area contributed by atoms with Gasteiger partial charge >= 0.3 is 0 Å². The van der Waals surface area contributed by atoms with E-state index in [1.807, 2.05) is 18.2 Å². The van der Waals surface area contributed by atoms with Gasteiger partial charge in [0.2, 0.25) is 0 Å². The molecule has 0 unspecified atom stereocenters. The Labute approximate surface area is 183 Å². The molecule has 0 bridgehead atoms. The smallest absolute Gasteiger partial charge is 0.260 e. The minimum Gasteiger partial charge on any atom is -0.457 e. The van der Waals surface area contributed by atoms with E-state index >= 15 is 0 Å². The maximum Gasteiger partial charge on any atom is 0.260 e. The molecule has 3 aromatic rings. The number of furan rings is 1. The molecular formula is C22H18Cl2N2O2S. The molecule has 2 aromatic carbocycles. The van der Waals surface area contributed by atoms with Crippen LogP contribution in [0, 0.1) is 0 Å². The van der Waals surface area contributed by atoms with Crippen molar-refractivity contribution in [1.29, 1.82) is 0 Å². The third kappa shape index (κ3) is 4.64. The number of aryl methyl sites for hydroxylation is 1. The monoisotopic (exact) mass is 444 g/mol. The van der Waals surface area contributed by atoms with E-state index in [4.69, 9.17) is 27.6 Å². The van der Waals surface area contributed by atoms with Gasteiger partial charge in [-0.2, -0.15) is 0 Å². The van der Waals surface area contributed by atoms with E-state index in [1.54, 1.807) is 30.3 Å². The number of benzene rings is 2. The van der Waals surface area contributed by atoms with Gasteiger partial charge in [0.15, 0.2) is 5.50 Å². The summed E-state index contributed by atoms with van der Waals surface area (Å²) in [6.07, 6.45) is 2.72. The predicted octanol–water partition coefficient (Wildman–Crippen LogP) is 6.42. The van der Waals surface area contributed by atoms with E-state index in [0.29, 0.717) is 32.0 Å². The molecule has 0 saturated carbocycles. The Hall–Kier alpha value is -2.34. The average Bonchev–Trinajstić information content (AvgIpc) is 3.31. The Balaban J connectivity index is 1.48. The lowest BCUT2D eigenvalue weighted by Gasteiger charge is -2.12. The fourth-order valence-electron chi connectivity index (χ4n) is 2.94. The summed E-state index contributed by atoms with van der Waals surface area (Å²) < 4.78 is 5.86. The van der Waals surface area contributed by atoms with Crippen LogP contribution in [-0.2, 0) is 11.2 Å². The summed E-state index contributed by atoms with van der Waals surface area (Å²) >= 11 is 13.7. The summed E-state index contributed by atoms with van der Waals surface area (Å²) in [7, 11) is 0. The minimum absolute atomic E-state index is 0.142. The van der Waals surface area contributed by atoms with Gasteiger partial charge in [-0.1, -0.05) is 54.0 Å². The first-order chi connectivity index (χ1) is 14.0. The molecule has 4 nitrogen and oxygen atoms in total.